The zero-order valence-corrected chi connectivity index (χ0v) is 14.9. The molecule has 0 amide bonds. The van der Waals surface area contributed by atoms with Crippen molar-refractivity contribution in [2.24, 2.45) is 0 Å². The van der Waals surface area contributed by atoms with Gasteiger partial charge < -0.3 is 0 Å². The van der Waals surface area contributed by atoms with Crippen LogP contribution in [-0.2, 0) is 0 Å². The molecule has 0 aliphatic rings. The summed E-state index contributed by atoms with van der Waals surface area (Å²) in [5.41, 5.74) is 5.06. The fraction of sp³-hybridized carbons (Fsp3) is 0.222. The van der Waals surface area contributed by atoms with E-state index in [-0.39, 0.29) is 0 Å². The molecule has 0 aromatic heterocycles. The van der Waals surface area contributed by atoms with Crippen molar-refractivity contribution in [1.29, 1.82) is 0 Å². The van der Waals surface area contributed by atoms with Crippen molar-refractivity contribution in [3.63, 3.8) is 0 Å². The second-order valence-electron chi connectivity index (χ2n) is 6.63. The molecule has 2 rings (SSSR count). The molecule has 2 heteroatoms. The number of hydrogen-bond donors (Lipinski definition) is 0. The number of rotatable bonds is 4. The van der Waals surface area contributed by atoms with Gasteiger partial charge in [0.1, 0.15) is 8.07 Å². The summed E-state index contributed by atoms with van der Waals surface area (Å²) < 4.78 is 0. The lowest BCUT2D eigenvalue weighted by atomic mass is 10.4. The molecule has 0 nitrogen and oxygen atoms in total. The minimum Gasteiger partial charge on any atom is -0.102 e. The highest BCUT2D eigenvalue weighted by Crippen LogP contribution is 2.11. The van der Waals surface area contributed by atoms with Crippen molar-refractivity contribution in [2.75, 3.05) is 0 Å². The summed E-state index contributed by atoms with van der Waals surface area (Å²) in [6.07, 6.45) is 0. The predicted octanol–water partition coefficient (Wildman–Crippen LogP) is 3.85. The Morgan fingerprint density at radius 1 is 0.600 bits per heavy atom. The zero-order chi connectivity index (χ0) is 14.6. The quantitative estimate of drug-likeness (QED) is 0.752. The second kappa shape index (κ2) is 5.94. The Hall–Kier alpha value is -1.39. The van der Waals surface area contributed by atoms with E-state index in [9.17, 15) is 0 Å². The van der Waals surface area contributed by atoms with E-state index in [4.69, 9.17) is 0 Å². The van der Waals surface area contributed by atoms with Crippen LogP contribution >= 0.6 is 0 Å². The van der Waals surface area contributed by atoms with Gasteiger partial charge in [0.15, 0.2) is 0 Å². The van der Waals surface area contributed by atoms with Crippen LogP contribution < -0.4 is 10.4 Å². The first-order valence-corrected chi connectivity index (χ1v) is 13.4. The minimum absolute atomic E-state index is 1.18. The summed E-state index contributed by atoms with van der Waals surface area (Å²) in [6, 6.07) is 22.0. The van der Waals surface area contributed by atoms with Crippen LogP contribution in [0.5, 0.6) is 0 Å². The number of benzene rings is 2. The topological polar surface area (TPSA) is 0 Å². The van der Waals surface area contributed by atoms with Gasteiger partial charge in [0, 0.05) is 0 Å². The lowest BCUT2D eigenvalue weighted by Gasteiger charge is -2.26. The van der Waals surface area contributed by atoms with Crippen molar-refractivity contribution in [2.45, 2.75) is 26.2 Å². The average molecular weight is 297 g/mol. The SMILES string of the molecule is C[Si](C)(C)C=C[Si](C)(c1ccccc1)c1ccccc1. The molecule has 0 unspecified atom stereocenters. The molecular weight excluding hydrogens is 272 g/mol. The molecule has 0 N–H and O–H groups in total. The summed E-state index contributed by atoms with van der Waals surface area (Å²) >= 11 is 0. The Morgan fingerprint density at radius 2 is 1.00 bits per heavy atom. The van der Waals surface area contributed by atoms with E-state index in [1.54, 1.807) is 0 Å². The molecule has 0 bridgehead atoms. The molecule has 0 aliphatic heterocycles. The lowest BCUT2D eigenvalue weighted by molar-refractivity contribution is 1.69. The first-order chi connectivity index (χ1) is 9.42. The van der Waals surface area contributed by atoms with Gasteiger partial charge in [-0.05, 0) is 0 Å². The largest absolute Gasteiger partial charge is 0.137 e. The maximum atomic E-state index is 2.55. The van der Waals surface area contributed by atoms with Crippen molar-refractivity contribution >= 4 is 26.5 Å². The molecule has 0 heterocycles. The fourth-order valence-electron chi connectivity index (χ4n) is 2.34. The van der Waals surface area contributed by atoms with Gasteiger partial charge in [-0.3, -0.25) is 0 Å². The highest BCUT2D eigenvalue weighted by molar-refractivity contribution is 7.05. The monoisotopic (exact) mass is 296 g/mol. The maximum absolute atomic E-state index is 2.55. The normalized spacial score (nSPS) is 12.8. The van der Waals surface area contributed by atoms with Crippen LogP contribution in [0.3, 0.4) is 0 Å². The summed E-state index contributed by atoms with van der Waals surface area (Å²) in [5.74, 6) is 0. The molecule has 20 heavy (non-hydrogen) atoms. The van der Waals surface area contributed by atoms with Gasteiger partial charge in [0.25, 0.3) is 0 Å². The van der Waals surface area contributed by atoms with Crippen LogP contribution in [0.2, 0.25) is 26.2 Å². The van der Waals surface area contributed by atoms with E-state index in [1.165, 1.54) is 10.4 Å². The van der Waals surface area contributed by atoms with Gasteiger partial charge in [0.2, 0.25) is 0 Å². The van der Waals surface area contributed by atoms with Gasteiger partial charge in [-0.25, -0.2) is 0 Å². The van der Waals surface area contributed by atoms with Crippen LogP contribution in [-0.4, -0.2) is 16.1 Å². The van der Waals surface area contributed by atoms with Gasteiger partial charge in [-0.2, -0.15) is 0 Å². The summed E-state index contributed by atoms with van der Waals surface area (Å²) in [6.45, 7) is 9.64. The van der Waals surface area contributed by atoms with Crippen molar-refractivity contribution in [1.82, 2.24) is 0 Å². The average Bonchev–Trinajstić information content (AvgIpc) is 2.46. The fourth-order valence-corrected chi connectivity index (χ4v) is 8.17. The first kappa shape index (κ1) is 15.0. The van der Waals surface area contributed by atoms with E-state index in [0.717, 1.165) is 0 Å². The third-order valence-corrected chi connectivity index (χ3v) is 9.06. The Kier molecular flexibility index (Phi) is 4.46. The van der Waals surface area contributed by atoms with E-state index >= 15 is 0 Å². The van der Waals surface area contributed by atoms with E-state index in [1.807, 2.05) is 0 Å². The Labute approximate surface area is 125 Å². The molecule has 0 radical (unpaired) electrons. The molecule has 0 fully saturated rings. The molecule has 0 saturated heterocycles. The Morgan fingerprint density at radius 3 is 1.35 bits per heavy atom. The van der Waals surface area contributed by atoms with Gasteiger partial charge in [-0.1, -0.05) is 103 Å². The van der Waals surface area contributed by atoms with E-state index in [2.05, 4.69) is 98.3 Å². The van der Waals surface area contributed by atoms with Gasteiger partial charge in [0.05, 0.1) is 8.07 Å². The maximum Gasteiger partial charge on any atom is 0.137 e. The number of hydrogen-bond acceptors (Lipinski definition) is 0. The van der Waals surface area contributed by atoms with E-state index in [0.29, 0.717) is 0 Å². The van der Waals surface area contributed by atoms with Crippen molar-refractivity contribution in [3.05, 3.63) is 72.1 Å². The van der Waals surface area contributed by atoms with Crippen LogP contribution in [0.25, 0.3) is 0 Å². The highest BCUT2D eigenvalue weighted by atomic mass is 28.3. The highest BCUT2D eigenvalue weighted by Gasteiger charge is 2.29. The molecule has 0 spiro atoms. The Balaban J connectivity index is 2.53. The standard InChI is InChI=1S/C18H24Si2/c1-19(2,3)15-16-20(4,17-11-7-5-8-12-17)18-13-9-6-10-14-18/h5-16H,1-4H3. The van der Waals surface area contributed by atoms with Crippen LogP contribution in [0.1, 0.15) is 0 Å². The van der Waals surface area contributed by atoms with Gasteiger partial charge in [-0.15, -0.1) is 5.70 Å². The van der Waals surface area contributed by atoms with Crippen molar-refractivity contribution in [3.8, 4) is 0 Å². The molecule has 2 aromatic rings. The smallest absolute Gasteiger partial charge is 0.102 e. The molecule has 2 aromatic carbocycles. The Bertz CT molecular complexity index is 526. The molecule has 0 atom stereocenters. The van der Waals surface area contributed by atoms with Gasteiger partial charge >= 0.3 is 0 Å². The van der Waals surface area contributed by atoms with Crippen LogP contribution in [0.4, 0.5) is 0 Å². The molecule has 0 saturated carbocycles. The molecule has 0 aliphatic carbocycles. The molecule has 104 valence electrons. The summed E-state index contributed by atoms with van der Waals surface area (Å²) in [7, 11) is -2.94. The summed E-state index contributed by atoms with van der Waals surface area (Å²) in [5, 5.41) is 2.97. The lowest BCUT2D eigenvalue weighted by Crippen LogP contribution is -2.54. The second-order valence-corrected chi connectivity index (χ2v) is 15.6. The van der Waals surface area contributed by atoms with Crippen LogP contribution in [0.15, 0.2) is 72.1 Å². The first-order valence-electron chi connectivity index (χ1n) is 7.23. The third-order valence-electron chi connectivity index (χ3n) is 3.66. The zero-order valence-electron chi connectivity index (χ0n) is 12.9. The summed E-state index contributed by atoms with van der Waals surface area (Å²) in [4.78, 5) is 0. The third kappa shape index (κ3) is 3.58. The molecular formula is C18H24Si2. The van der Waals surface area contributed by atoms with Crippen molar-refractivity contribution < 1.29 is 0 Å². The minimum atomic E-state index is -1.76. The van der Waals surface area contributed by atoms with Crippen LogP contribution in [0, 0.1) is 0 Å². The van der Waals surface area contributed by atoms with E-state index < -0.39 is 16.1 Å². The predicted molar refractivity (Wildman–Crippen MR) is 96.3 cm³/mol.